The Morgan fingerprint density at radius 2 is 1.68 bits per heavy atom. The third-order valence-corrected chi connectivity index (χ3v) is 4.25. The minimum absolute atomic E-state index is 0.0393. The molecule has 2 rings (SSSR count). The first kappa shape index (κ1) is 13.8. The molecular weight excluding hydrogens is 302 g/mol. The molecule has 2 aromatic carbocycles. The van der Waals surface area contributed by atoms with Crippen LogP contribution in [0.15, 0.2) is 46.9 Å². The fraction of sp³-hybridized carbons (Fsp3) is 0.188. The zero-order chi connectivity index (χ0) is 13.8. The largest absolute Gasteiger partial charge is 0.348 e. The van der Waals surface area contributed by atoms with Crippen LogP contribution in [0.25, 0.3) is 0 Å². The Kier molecular flexibility index (Phi) is 4.38. The Hall–Kier alpha value is -1.61. The van der Waals surface area contributed by atoms with E-state index in [1.54, 1.807) is 0 Å². The van der Waals surface area contributed by atoms with Crippen LogP contribution in [0.1, 0.15) is 27.0 Å². The van der Waals surface area contributed by atoms with Crippen molar-refractivity contribution in [3.63, 3.8) is 0 Å². The standard InChI is InChI=1S/C16H16BrNO/c1-11-8-14(9-12(2)15(11)17)16(19)18-10-13-6-4-3-5-7-13/h3-9H,10H2,1-2H3,(H,18,19). The quantitative estimate of drug-likeness (QED) is 0.911. The number of carbonyl (C=O) groups excluding carboxylic acids is 1. The molecule has 2 aromatic rings. The van der Waals surface area contributed by atoms with E-state index in [4.69, 9.17) is 0 Å². The van der Waals surface area contributed by atoms with Gasteiger partial charge in [-0.05, 0) is 42.7 Å². The number of aryl methyl sites for hydroxylation is 2. The van der Waals surface area contributed by atoms with Crippen molar-refractivity contribution in [3.8, 4) is 0 Å². The molecule has 0 bridgehead atoms. The van der Waals surface area contributed by atoms with Gasteiger partial charge in [0, 0.05) is 16.6 Å². The lowest BCUT2D eigenvalue weighted by molar-refractivity contribution is 0.0950. The predicted octanol–water partition coefficient (Wildman–Crippen LogP) is 4.00. The summed E-state index contributed by atoms with van der Waals surface area (Å²) < 4.78 is 1.06. The molecule has 0 fully saturated rings. The monoisotopic (exact) mass is 317 g/mol. The summed E-state index contributed by atoms with van der Waals surface area (Å²) in [6.07, 6.45) is 0. The fourth-order valence-corrected chi connectivity index (χ4v) is 2.19. The highest BCUT2D eigenvalue weighted by molar-refractivity contribution is 9.10. The highest BCUT2D eigenvalue weighted by Gasteiger charge is 2.09. The van der Waals surface area contributed by atoms with E-state index in [0.29, 0.717) is 12.1 Å². The van der Waals surface area contributed by atoms with E-state index in [1.165, 1.54) is 0 Å². The molecule has 0 aliphatic rings. The SMILES string of the molecule is Cc1cc(C(=O)NCc2ccccc2)cc(C)c1Br. The average Bonchev–Trinajstić information content (AvgIpc) is 2.42. The van der Waals surface area contributed by atoms with Crippen molar-refractivity contribution in [1.29, 1.82) is 0 Å². The molecule has 19 heavy (non-hydrogen) atoms. The summed E-state index contributed by atoms with van der Waals surface area (Å²) in [5.74, 6) is -0.0393. The maximum atomic E-state index is 12.1. The van der Waals surface area contributed by atoms with E-state index in [9.17, 15) is 4.79 Å². The predicted molar refractivity (Wildman–Crippen MR) is 81.2 cm³/mol. The summed E-state index contributed by atoms with van der Waals surface area (Å²) >= 11 is 3.51. The first-order chi connectivity index (χ1) is 9.08. The van der Waals surface area contributed by atoms with Gasteiger partial charge in [0.2, 0.25) is 0 Å². The Balaban J connectivity index is 2.08. The maximum Gasteiger partial charge on any atom is 0.251 e. The van der Waals surface area contributed by atoms with Crippen LogP contribution >= 0.6 is 15.9 Å². The van der Waals surface area contributed by atoms with Crippen molar-refractivity contribution in [2.45, 2.75) is 20.4 Å². The van der Waals surface area contributed by atoms with Crippen LogP contribution < -0.4 is 5.32 Å². The average molecular weight is 318 g/mol. The second-order valence-electron chi connectivity index (χ2n) is 4.59. The van der Waals surface area contributed by atoms with E-state index >= 15 is 0 Å². The molecule has 0 aliphatic heterocycles. The minimum atomic E-state index is -0.0393. The van der Waals surface area contributed by atoms with Gasteiger partial charge in [-0.1, -0.05) is 46.3 Å². The molecule has 2 nitrogen and oxygen atoms in total. The molecule has 1 N–H and O–H groups in total. The molecule has 3 heteroatoms. The van der Waals surface area contributed by atoms with Crippen LogP contribution in [0.2, 0.25) is 0 Å². The Bertz CT molecular complexity index is 570. The Morgan fingerprint density at radius 1 is 1.11 bits per heavy atom. The Morgan fingerprint density at radius 3 is 2.26 bits per heavy atom. The number of benzene rings is 2. The lowest BCUT2D eigenvalue weighted by Crippen LogP contribution is -2.23. The van der Waals surface area contributed by atoms with Crippen LogP contribution in [-0.4, -0.2) is 5.91 Å². The lowest BCUT2D eigenvalue weighted by atomic mass is 10.1. The van der Waals surface area contributed by atoms with Gasteiger partial charge in [0.05, 0.1) is 0 Å². The second kappa shape index (κ2) is 6.02. The summed E-state index contributed by atoms with van der Waals surface area (Å²) in [5, 5.41) is 2.93. The van der Waals surface area contributed by atoms with Crippen LogP contribution in [0.3, 0.4) is 0 Å². The fourth-order valence-electron chi connectivity index (χ4n) is 1.96. The van der Waals surface area contributed by atoms with Crippen molar-refractivity contribution < 1.29 is 4.79 Å². The summed E-state index contributed by atoms with van der Waals surface area (Å²) in [4.78, 5) is 12.1. The molecule has 98 valence electrons. The van der Waals surface area contributed by atoms with Gasteiger partial charge in [-0.3, -0.25) is 4.79 Å². The number of rotatable bonds is 3. The van der Waals surface area contributed by atoms with E-state index < -0.39 is 0 Å². The molecule has 0 saturated carbocycles. The van der Waals surface area contributed by atoms with Gasteiger partial charge < -0.3 is 5.32 Å². The summed E-state index contributed by atoms with van der Waals surface area (Å²) in [5.41, 5.74) is 3.95. The molecule has 0 aliphatic carbocycles. The van der Waals surface area contributed by atoms with Gasteiger partial charge in [-0.2, -0.15) is 0 Å². The minimum Gasteiger partial charge on any atom is -0.348 e. The van der Waals surface area contributed by atoms with Gasteiger partial charge in [-0.15, -0.1) is 0 Å². The highest BCUT2D eigenvalue weighted by atomic mass is 79.9. The highest BCUT2D eigenvalue weighted by Crippen LogP contribution is 2.22. The van der Waals surface area contributed by atoms with E-state index in [-0.39, 0.29) is 5.91 Å². The normalized spacial score (nSPS) is 10.3. The third kappa shape index (κ3) is 3.44. The second-order valence-corrected chi connectivity index (χ2v) is 5.39. The van der Waals surface area contributed by atoms with Crippen molar-refractivity contribution in [3.05, 3.63) is 69.2 Å². The summed E-state index contributed by atoms with van der Waals surface area (Å²) in [6.45, 7) is 4.53. The molecule has 0 aromatic heterocycles. The molecule has 0 atom stereocenters. The van der Waals surface area contributed by atoms with Gasteiger partial charge in [-0.25, -0.2) is 0 Å². The molecule has 0 heterocycles. The zero-order valence-corrected chi connectivity index (χ0v) is 12.6. The molecule has 0 radical (unpaired) electrons. The van der Waals surface area contributed by atoms with Gasteiger partial charge in [0.1, 0.15) is 0 Å². The van der Waals surface area contributed by atoms with Gasteiger partial charge in [0.25, 0.3) is 5.91 Å². The number of nitrogens with one attached hydrogen (secondary N) is 1. The van der Waals surface area contributed by atoms with Crippen LogP contribution in [0.4, 0.5) is 0 Å². The van der Waals surface area contributed by atoms with Gasteiger partial charge in [0.15, 0.2) is 0 Å². The summed E-state index contributed by atoms with van der Waals surface area (Å²) in [7, 11) is 0. The molecule has 0 saturated heterocycles. The number of amides is 1. The smallest absolute Gasteiger partial charge is 0.251 e. The first-order valence-corrected chi connectivity index (χ1v) is 6.96. The Labute approximate surface area is 122 Å². The van der Waals surface area contributed by atoms with Crippen molar-refractivity contribution in [2.24, 2.45) is 0 Å². The van der Waals surface area contributed by atoms with E-state index in [1.807, 2.05) is 56.3 Å². The number of hydrogen-bond donors (Lipinski definition) is 1. The first-order valence-electron chi connectivity index (χ1n) is 6.17. The van der Waals surface area contributed by atoms with Crippen LogP contribution in [-0.2, 0) is 6.54 Å². The van der Waals surface area contributed by atoms with Crippen LogP contribution in [0.5, 0.6) is 0 Å². The van der Waals surface area contributed by atoms with E-state index in [0.717, 1.165) is 21.2 Å². The number of carbonyl (C=O) groups is 1. The molecular formula is C16H16BrNO. The van der Waals surface area contributed by atoms with Crippen LogP contribution in [0, 0.1) is 13.8 Å². The third-order valence-electron chi connectivity index (χ3n) is 2.99. The van der Waals surface area contributed by atoms with Crippen molar-refractivity contribution in [2.75, 3.05) is 0 Å². The summed E-state index contributed by atoms with van der Waals surface area (Å²) in [6, 6.07) is 13.7. The topological polar surface area (TPSA) is 29.1 Å². The molecule has 0 spiro atoms. The number of hydrogen-bond acceptors (Lipinski definition) is 1. The van der Waals surface area contributed by atoms with E-state index in [2.05, 4.69) is 21.2 Å². The maximum absolute atomic E-state index is 12.1. The van der Waals surface area contributed by atoms with Gasteiger partial charge >= 0.3 is 0 Å². The number of halogens is 1. The molecule has 0 unspecified atom stereocenters. The van der Waals surface area contributed by atoms with Crippen molar-refractivity contribution in [1.82, 2.24) is 5.32 Å². The zero-order valence-electron chi connectivity index (χ0n) is 11.0. The lowest BCUT2D eigenvalue weighted by Gasteiger charge is -2.09. The molecule has 1 amide bonds. The van der Waals surface area contributed by atoms with Crippen molar-refractivity contribution >= 4 is 21.8 Å².